The van der Waals surface area contributed by atoms with Gasteiger partial charge < -0.3 is 10.1 Å². The number of carbonyl (C=O) groups is 1. The number of hydrogen-bond acceptors (Lipinski definition) is 4. The number of hydrogen-bond donors (Lipinski definition) is 2. The standard InChI is InChI=1S/C21H28N2O4S/c1-16(2)23-28(25,26)20-12-8-18(9-13-20)21(24)22-14-4-5-15-27-19-10-6-17(3)7-11-19/h6-13,16,23H,4-5,14-15H2,1-3H3,(H,22,24). The van der Waals surface area contributed by atoms with Gasteiger partial charge >= 0.3 is 0 Å². The molecule has 152 valence electrons. The predicted molar refractivity (Wildman–Crippen MR) is 110 cm³/mol. The monoisotopic (exact) mass is 404 g/mol. The largest absolute Gasteiger partial charge is 0.494 e. The van der Waals surface area contributed by atoms with Crippen LogP contribution in [0.3, 0.4) is 0 Å². The Morgan fingerprint density at radius 2 is 1.64 bits per heavy atom. The van der Waals surface area contributed by atoms with Crippen molar-refractivity contribution >= 4 is 15.9 Å². The number of ether oxygens (including phenoxy) is 1. The molecule has 6 nitrogen and oxygen atoms in total. The van der Waals surface area contributed by atoms with Gasteiger partial charge in [-0.2, -0.15) is 0 Å². The zero-order valence-electron chi connectivity index (χ0n) is 16.6. The average molecular weight is 405 g/mol. The van der Waals surface area contributed by atoms with E-state index in [2.05, 4.69) is 10.0 Å². The summed E-state index contributed by atoms with van der Waals surface area (Å²) in [5, 5.41) is 2.84. The van der Waals surface area contributed by atoms with Gasteiger partial charge in [0.25, 0.3) is 5.91 Å². The molecule has 0 bridgehead atoms. The number of sulfonamides is 1. The molecule has 0 saturated heterocycles. The van der Waals surface area contributed by atoms with Crippen LogP contribution in [-0.4, -0.2) is 33.5 Å². The summed E-state index contributed by atoms with van der Waals surface area (Å²) in [6.45, 7) is 6.66. The highest BCUT2D eigenvalue weighted by molar-refractivity contribution is 7.89. The molecule has 28 heavy (non-hydrogen) atoms. The van der Waals surface area contributed by atoms with E-state index in [0.717, 1.165) is 18.6 Å². The first-order chi connectivity index (χ1) is 13.3. The number of unbranched alkanes of at least 4 members (excludes halogenated alkanes) is 1. The fraction of sp³-hybridized carbons (Fsp3) is 0.381. The number of amides is 1. The van der Waals surface area contributed by atoms with Gasteiger partial charge in [-0.05, 0) is 70.0 Å². The Morgan fingerprint density at radius 3 is 2.25 bits per heavy atom. The van der Waals surface area contributed by atoms with Crippen molar-refractivity contribution in [3.63, 3.8) is 0 Å². The van der Waals surface area contributed by atoms with Crippen molar-refractivity contribution in [2.45, 2.75) is 44.6 Å². The molecule has 1 amide bonds. The zero-order chi connectivity index (χ0) is 20.6. The first kappa shape index (κ1) is 21.9. The molecule has 0 aromatic heterocycles. The molecule has 0 unspecified atom stereocenters. The Hall–Kier alpha value is -2.38. The summed E-state index contributed by atoms with van der Waals surface area (Å²) in [5.74, 6) is 0.622. The maximum Gasteiger partial charge on any atom is 0.251 e. The topological polar surface area (TPSA) is 84.5 Å². The second kappa shape index (κ2) is 10.2. The molecule has 0 aliphatic carbocycles. The van der Waals surface area contributed by atoms with E-state index in [1.54, 1.807) is 13.8 Å². The van der Waals surface area contributed by atoms with E-state index >= 15 is 0 Å². The van der Waals surface area contributed by atoms with Crippen molar-refractivity contribution in [1.29, 1.82) is 0 Å². The van der Waals surface area contributed by atoms with Crippen LogP contribution in [0, 0.1) is 6.92 Å². The Labute approximate surface area is 167 Å². The molecule has 0 atom stereocenters. The van der Waals surface area contributed by atoms with Crippen molar-refractivity contribution < 1.29 is 17.9 Å². The van der Waals surface area contributed by atoms with Gasteiger partial charge in [-0.3, -0.25) is 4.79 Å². The van der Waals surface area contributed by atoms with Gasteiger partial charge in [0, 0.05) is 18.2 Å². The van der Waals surface area contributed by atoms with E-state index in [1.165, 1.54) is 29.8 Å². The van der Waals surface area contributed by atoms with Crippen molar-refractivity contribution in [2.24, 2.45) is 0 Å². The minimum absolute atomic E-state index is 0.144. The van der Waals surface area contributed by atoms with Crippen LogP contribution < -0.4 is 14.8 Å². The summed E-state index contributed by atoms with van der Waals surface area (Å²) in [4.78, 5) is 12.3. The van der Waals surface area contributed by atoms with E-state index in [1.807, 2.05) is 31.2 Å². The van der Waals surface area contributed by atoms with E-state index < -0.39 is 10.0 Å². The number of aryl methyl sites for hydroxylation is 1. The third-order valence-electron chi connectivity index (χ3n) is 3.96. The maximum atomic E-state index is 12.2. The highest BCUT2D eigenvalue weighted by atomic mass is 32.2. The van der Waals surface area contributed by atoms with Gasteiger partial charge in [0.1, 0.15) is 5.75 Å². The van der Waals surface area contributed by atoms with Crippen molar-refractivity contribution in [3.05, 3.63) is 59.7 Å². The first-order valence-corrected chi connectivity index (χ1v) is 10.9. The van der Waals surface area contributed by atoms with Gasteiger partial charge in [0.15, 0.2) is 0 Å². The van der Waals surface area contributed by atoms with Crippen LogP contribution in [0.1, 0.15) is 42.6 Å². The van der Waals surface area contributed by atoms with E-state index in [4.69, 9.17) is 4.74 Å². The third kappa shape index (κ3) is 6.98. The fourth-order valence-corrected chi connectivity index (χ4v) is 3.77. The molecule has 2 rings (SSSR count). The molecular formula is C21H28N2O4S. The summed E-state index contributed by atoms with van der Waals surface area (Å²) in [6.07, 6.45) is 1.62. The average Bonchev–Trinajstić information content (AvgIpc) is 2.65. The van der Waals surface area contributed by atoms with Crippen LogP contribution >= 0.6 is 0 Å². The molecule has 7 heteroatoms. The van der Waals surface area contributed by atoms with Gasteiger partial charge in [-0.25, -0.2) is 13.1 Å². The minimum atomic E-state index is -3.55. The van der Waals surface area contributed by atoms with E-state index in [-0.39, 0.29) is 16.8 Å². The summed E-state index contributed by atoms with van der Waals surface area (Å²) in [7, 11) is -3.55. The zero-order valence-corrected chi connectivity index (χ0v) is 17.4. The Kier molecular flexibility index (Phi) is 8.02. The van der Waals surface area contributed by atoms with Crippen molar-refractivity contribution in [3.8, 4) is 5.75 Å². The third-order valence-corrected chi connectivity index (χ3v) is 5.64. The maximum absolute atomic E-state index is 12.2. The molecular weight excluding hydrogens is 376 g/mol. The van der Waals surface area contributed by atoms with Crippen LogP contribution in [0.15, 0.2) is 53.4 Å². The lowest BCUT2D eigenvalue weighted by Gasteiger charge is -2.10. The van der Waals surface area contributed by atoms with Gasteiger partial charge in [0.05, 0.1) is 11.5 Å². The van der Waals surface area contributed by atoms with Crippen molar-refractivity contribution in [1.82, 2.24) is 10.0 Å². The van der Waals surface area contributed by atoms with Crippen molar-refractivity contribution in [2.75, 3.05) is 13.2 Å². The van der Waals surface area contributed by atoms with Crippen LogP contribution in [0.4, 0.5) is 0 Å². The molecule has 2 aromatic carbocycles. The Bertz CT molecular complexity index is 860. The van der Waals surface area contributed by atoms with Gasteiger partial charge in [-0.1, -0.05) is 17.7 Å². The Morgan fingerprint density at radius 1 is 1.00 bits per heavy atom. The molecule has 0 saturated carbocycles. The number of nitrogens with one attached hydrogen (secondary N) is 2. The number of benzene rings is 2. The normalized spacial score (nSPS) is 11.4. The molecule has 2 aromatic rings. The SMILES string of the molecule is Cc1ccc(OCCCCNC(=O)c2ccc(S(=O)(=O)NC(C)C)cc2)cc1. The molecule has 0 spiro atoms. The molecule has 0 fully saturated rings. The van der Waals surface area contributed by atoms with E-state index in [0.29, 0.717) is 18.7 Å². The van der Waals surface area contributed by atoms with Crippen LogP contribution in [-0.2, 0) is 10.0 Å². The summed E-state index contributed by atoms with van der Waals surface area (Å²) < 4.78 is 32.3. The second-order valence-corrected chi connectivity index (χ2v) is 8.64. The van der Waals surface area contributed by atoms with Crippen LogP contribution in [0.2, 0.25) is 0 Å². The first-order valence-electron chi connectivity index (χ1n) is 9.38. The highest BCUT2D eigenvalue weighted by Crippen LogP contribution is 2.12. The smallest absolute Gasteiger partial charge is 0.251 e. The molecule has 2 N–H and O–H groups in total. The fourth-order valence-electron chi connectivity index (χ4n) is 2.52. The lowest BCUT2D eigenvalue weighted by molar-refractivity contribution is 0.0952. The van der Waals surface area contributed by atoms with Gasteiger partial charge in [-0.15, -0.1) is 0 Å². The lowest BCUT2D eigenvalue weighted by Crippen LogP contribution is -2.30. The number of carbonyl (C=O) groups excluding carboxylic acids is 1. The summed E-state index contributed by atoms with van der Waals surface area (Å²) >= 11 is 0. The van der Waals surface area contributed by atoms with Crippen LogP contribution in [0.5, 0.6) is 5.75 Å². The second-order valence-electron chi connectivity index (χ2n) is 6.92. The quantitative estimate of drug-likeness (QED) is 0.595. The van der Waals surface area contributed by atoms with E-state index in [9.17, 15) is 13.2 Å². The predicted octanol–water partition coefficient (Wildman–Crippen LogP) is 3.27. The summed E-state index contributed by atoms with van der Waals surface area (Å²) in [5.41, 5.74) is 1.62. The number of rotatable bonds is 10. The molecule has 0 aliphatic heterocycles. The van der Waals surface area contributed by atoms with Crippen LogP contribution in [0.25, 0.3) is 0 Å². The molecule has 0 aliphatic rings. The minimum Gasteiger partial charge on any atom is -0.494 e. The van der Waals surface area contributed by atoms with Gasteiger partial charge in [0.2, 0.25) is 10.0 Å². The lowest BCUT2D eigenvalue weighted by atomic mass is 10.2. The summed E-state index contributed by atoms with van der Waals surface area (Å²) in [6, 6.07) is 13.6. The highest BCUT2D eigenvalue weighted by Gasteiger charge is 2.15. The molecule has 0 radical (unpaired) electrons. The Balaban J connectivity index is 1.72. The molecule has 0 heterocycles.